The smallest absolute Gasteiger partial charge is 0.237 e. The highest BCUT2D eigenvalue weighted by Gasteiger charge is 2.31. The second kappa shape index (κ2) is 5.64. The number of methoxy groups -OCH3 is 1. The Hall–Kier alpha value is -0.610. The van der Waals surface area contributed by atoms with Crippen molar-refractivity contribution in [1.82, 2.24) is 10.6 Å². The van der Waals surface area contributed by atoms with Crippen molar-refractivity contribution in [1.29, 1.82) is 0 Å². The zero-order valence-corrected chi connectivity index (χ0v) is 10.00. The summed E-state index contributed by atoms with van der Waals surface area (Å²) >= 11 is 0. The Bertz CT molecular complexity index is 231. The summed E-state index contributed by atoms with van der Waals surface area (Å²) in [6.07, 6.45) is 6.87. The van der Waals surface area contributed by atoms with Crippen molar-refractivity contribution in [2.75, 3.05) is 13.7 Å². The highest BCUT2D eigenvalue weighted by Crippen LogP contribution is 2.22. The molecule has 4 heteroatoms. The summed E-state index contributed by atoms with van der Waals surface area (Å²) in [6, 6.07) is 0.367. The molecule has 0 aromatic heterocycles. The third-order valence-corrected chi connectivity index (χ3v) is 3.65. The van der Waals surface area contributed by atoms with E-state index in [1.165, 1.54) is 12.8 Å². The van der Waals surface area contributed by atoms with Gasteiger partial charge in [0, 0.05) is 13.2 Å². The van der Waals surface area contributed by atoms with Crippen molar-refractivity contribution in [3.8, 4) is 0 Å². The first kappa shape index (κ1) is 11.9. The van der Waals surface area contributed by atoms with Crippen LogP contribution >= 0.6 is 0 Å². The van der Waals surface area contributed by atoms with E-state index >= 15 is 0 Å². The number of nitrogens with one attached hydrogen (secondary N) is 2. The molecule has 92 valence electrons. The number of carbonyl (C=O) groups excluding carboxylic acids is 1. The number of hydrogen-bond donors (Lipinski definition) is 2. The first-order valence-corrected chi connectivity index (χ1v) is 6.36. The van der Waals surface area contributed by atoms with E-state index in [-0.39, 0.29) is 11.9 Å². The molecule has 1 saturated heterocycles. The molecule has 1 amide bonds. The second-order valence-corrected chi connectivity index (χ2v) is 4.89. The molecule has 1 atom stereocenters. The van der Waals surface area contributed by atoms with Crippen molar-refractivity contribution < 1.29 is 9.53 Å². The van der Waals surface area contributed by atoms with E-state index in [1.807, 2.05) is 0 Å². The van der Waals surface area contributed by atoms with Crippen LogP contribution in [-0.2, 0) is 9.53 Å². The third kappa shape index (κ3) is 2.95. The normalized spacial score (nSPS) is 34.9. The van der Waals surface area contributed by atoms with Gasteiger partial charge in [-0.25, -0.2) is 0 Å². The first-order chi connectivity index (χ1) is 7.79. The Labute approximate surface area is 97.1 Å². The molecule has 0 aromatic rings. The van der Waals surface area contributed by atoms with E-state index in [9.17, 15) is 4.79 Å². The Balaban J connectivity index is 1.70. The van der Waals surface area contributed by atoms with E-state index in [0.717, 1.165) is 32.2 Å². The van der Waals surface area contributed by atoms with E-state index in [2.05, 4.69) is 10.6 Å². The summed E-state index contributed by atoms with van der Waals surface area (Å²) in [5, 5.41) is 6.41. The van der Waals surface area contributed by atoms with Crippen molar-refractivity contribution >= 4 is 5.91 Å². The second-order valence-electron chi connectivity index (χ2n) is 4.89. The van der Waals surface area contributed by atoms with Crippen molar-refractivity contribution in [3.05, 3.63) is 0 Å². The van der Waals surface area contributed by atoms with Crippen molar-refractivity contribution in [2.45, 2.75) is 56.7 Å². The molecular formula is C12H22N2O2. The van der Waals surface area contributed by atoms with Gasteiger partial charge in [-0.1, -0.05) is 12.8 Å². The summed E-state index contributed by atoms with van der Waals surface area (Å²) in [4.78, 5) is 11.9. The van der Waals surface area contributed by atoms with Gasteiger partial charge < -0.3 is 15.4 Å². The lowest BCUT2D eigenvalue weighted by Crippen LogP contribution is -2.53. The molecule has 2 fully saturated rings. The van der Waals surface area contributed by atoms with Gasteiger partial charge in [-0.2, -0.15) is 0 Å². The summed E-state index contributed by atoms with van der Waals surface area (Å²) < 4.78 is 5.20. The van der Waals surface area contributed by atoms with Gasteiger partial charge in [-0.3, -0.25) is 4.79 Å². The minimum absolute atomic E-state index is 0.0316. The number of carbonyl (C=O) groups is 1. The molecule has 1 heterocycles. The Kier molecular flexibility index (Phi) is 4.18. The number of amides is 1. The molecule has 16 heavy (non-hydrogen) atoms. The monoisotopic (exact) mass is 226 g/mol. The molecule has 1 aliphatic heterocycles. The van der Waals surface area contributed by atoms with Gasteiger partial charge in [0.25, 0.3) is 0 Å². The zero-order chi connectivity index (χ0) is 11.4. The highest BCUT2D eigenvalue weighted by atomic mass is 16.5. The highest BCUT2D eigenvalue weighted by molar-refractivity contribution is 5.82. The van der Waals surface area contributed by atoms with Crippen molar-refractivity contribution in [3.63, 3.8) is 0 Å². The lowest BCUT2D eigenvalue weighted by molar-refractivity contribution is -0.125. The van der Waals surface area contributed by atoms with Crippen LogP contribution < -0.4 is 10.6 Å². The Morgan fingerprint density at radius 3 is 2.88 bits per heavy atom. The number of ether oxygens (including phenoxy) is 1. The number of hydrogen-bond acceptors (Lipinski definition) is 3. The van der Waals surface area contributed by atoms with E-state index in [1.54, 1.807) is 7.11 Å². The van der Waals surface area contributed by atoms with Gasteiger partial charge in [-0.15, -0.1) is 0 Å². The summed E-state index contributed by atoms with van der Waals surface area (Å²) in [5.41, 5.74) is 0. The van der Waals surface area contributed by atoms with Crippen LogP contribution in [0.1, 0.15) is 38.5 Å². The maximum Gasteiger partial charge on any atom is 0.237 e. The van der Waals surface area contributed by atoms with Crippen LogP contribution in [0.4, 0.5) is 0 Å². The van der Waals surface area contributed by atoms with E-state index in [4.69, 9.17) is 4.74 Å². The SMILES string of the molecule is COC1CC(NC(=O)C2CCCCCN2)C1. The molecule has 0 spiro atoms. The standard InChI is InChI=1S/C12H22N2O2/c1-16-10-7-9(8-10)14-12(15)11-5-3-2-4-6-13-11/h9-11,13H,2-8H2,1H3,(H,14,15). The van der Waals surface area contributed by atoms with Gasteiger partial charge in [-0.05, 0) is 32.2 Å². The average Bonchev–Trinajstić information content (AvgIpc) is 2.50. The molecule has 2 aliphatic rings. The fourth-order valence-corrected chi connectivity index (χ4v) is 2.43. The molecule has 2 rings (SSSR count). The van der Waals surface area contributed by atoms with Gasteiger partial charge in [0.05, 0.1) is 12.1 Å². The molecule has 1 aliphatic carbocycles. The van der Waals surface area contributed by atoms with Crippen molar-refractivity contribution in [2.24, 2.45) is 0 Å². The predicted octanol–water partition coefficient (Wildman–Crippen LogP) is 0.812. The molecular weight excluding hydrogens is 204 g/mol. The van der Waals surface area contributed by atoms with Gasteiger partial charge >= 0.3 is 0 Å². The van der Waals surface area contributed by atoms with Crippen LogP contribution in [0, 0.1) is 0 Å². The summed E-state index contributed by atoms with van der Waals surface area (Å²) in [6.45, 7) is 0.976. The van der Waals surface area contributed by atoms with Gasteiger partial charge in [0.2, 0.25) is 5.91 Å². The maximum absolute atomic E-state index is 11.9. The number of rotatable bonds is 3. The Morgan fingerprint density at radius 2 is 2.12 bits per heavy atom. The van der Waals surface area contributed by atoms with Gasteiger partial charge in [0.15, 0.2) is 0 Å². The lowest BCUT2D eigenvalue weighted by atomic mass is 9.89. The quantitative estimate of drug-likeness (QED) is 0.749. The van der Waals surface area contributed by atoms with Crippen LogP contribution in [0.25, 0.3) is 0 Å². The Morgan fingerprint density at radius 1 is 1.31 bits per heavy atom. The molecule has 4 nitrogen and oxygen atoms in total. The zero-order valence-electron chi connectivity index (χ0n) is 10.00. The van der Waals surface area contributed by atoms with E-state index in [0.29, 0.717) is 12.1 Å². The third-order valence-electron chi connectivity index (χ3n) is 3.65. The minimum atomic E-state index is 0.0316. The summed E-state index contributed by atoms with van der Waals surface area (Å²) in [7, 11) is 1.73. The first-order valence-electron chi connectivity index (χ1n) is 6.36. The van der Waals surface area contributed by atoms with Crippen LogP contribution in [0.2, 0.25) is 0 Å². The summed E-state index contributed by atoms with van der Waals surface area (Å²) in [5.74, 6) is 0.182. The fourth-order valence-electron chi connectivity index (χ4n) is 2.43. The predicted molar refractivity (Wildman–Crippen MR) is 62.2 cm³/mol. The lowest BCUT2D eigenvalue weighted by Gasteiger charge is -2.35. The molecule has 0 radical (unpaired) electrons. The largest absolute Gasteiger partial charge is 0.381 e. The van der Waals surface area contributed by atoms with Gasteiger partial charge in [0.1, 0.15) is 0 Å². The molecule has 0 bridgehead atoms. The topological polar surface area (TPSA) is 50.4 Å². The average molecular weight is 226 g/mol. The minimum Gasteiger partial charge on any atom is -0.381 e. The van der Waals surface area contributed by atoms with E-state index < -0.39 is 0 Å². The maximum atomic E-state index is 11.9. The van der Waals surface area contributed by atoms with Crippen LogP contribution in [0.15, 0.2) is 0 Å². The molecule has 1 saturated carbocycles. The van der Waals surface area contributed by atoms with Crippen LogP contribution in [-0.4, -0.2) is 37.7 Å². The molecule has 0 aromatic carbocycles. The molecule has 2 N–H and O–H groups in total. The van der Waals surface area contributed by atoms with Crippen LogP contribution in [0.3, 0.4) is 0 Å². The fraction of sp³-hybridized carbons (Fsp3) is 0.917. The van der Waals surface area contributed by atoms with Crippen LogP contribution in [0.5, 0.6) is 0 Å². The molecule has 1 unspecified atom stereocenters.